The summed E-state index contributed by atoms with van der Waals surface area (Å²) in [7, 11) is 0. The third-order valence-corrected chi connectivity index (χ3v) is 4.98. The minimum absolute atomic E-state index is 0.289. The van der Waals surface area contributed by atoms with E-state index in [0.29, 0.717) is 17.1 Å². The van der Waals surface area contributed by atoms with Crippen LogP contribution in [-0.2, 0) is 4.79 Å². The van der Waals surface area contributed by atoms with Crippen LogP contribution in [0.4, 0.5) is 21.9 Å². The lowest BCUT2D eigenvalue weighted by molar-refractivity contribution is -0.116. The van der Waals surface area contributed by atoms with Crippen LogP contribution in [0.1, 0.15) is 26.3 Å². The summed E-state index contributed by atoms with van der Waals surface area (Å²) in [6.07, 6.45) is 0. The minimum Gasteiger partial charge on any atom is -0.324 e. The zero-order valence-corrected chi connectivity index (χ0v) is 17.2. The average Bonchev–Trinajstić information content (AvgIpc) is 3.02. The van der Waals surface area contributed by atoms with Crippen LogP contribution in [0.15, 0.2) is 72.8 Å². The highest BCUT2D eigenvalue weighted by Gasteiger charge is 2.36. The van der Waals surface area contributed by atoms with E-state index in [4.69, 9.17) is 0 Å². The van der Waals surface area contributed by atoms with Gasteiger partial charge in [0.25, 0.3) is 11.8 Å². The van der Waals surface area contributed by atoms with Gasteiger partial charge < -0.3 is 16.0 Å². The molecule has 3 aromatic rings. The first kappa shape index (κ1) is 20.8. The number of benzene rings is 3. The summed E-state index contributed by atoms with van der Waals surface area (Å²) < 4.78 is 0. The molecule has 0 atom stereocenters. The van der Waals surface area contributed by atoms with Crippen LogP contribution in [0.3, 0.4) is 0 Å². The van der Waals surface area contributed by atoms with Crippen molar-refractivity contribution in [3.63, 3.8) is 0 Å². The van der Waals surface area contributed by atoms with Gasteiger partial charge in [-0.2, -0.15) is 0 Å². The first-order chi connectivity index (χ1) is 15.4. The van der Waals surface area contributed by atoms with Gasteiger partial charge in [-0.15, -0.1) is 0 Å². The zero-order chi connectivity index (χ0) is 22.7. The lowest BCUT2D eigenvalue weighted by atomic mass is 10.1. The Balaban J connectivity index is 1.41. The van der Waals surface area contributed by atoms with Gasteiger partial charge in [-0.25, -0.2) is 4.79 Å². The lowest BCUT2D eigenvalue weighted by Crippen LogP contribution is -2.37. The van der Waals surface area contributed by atoms with Crippen molar-refractivity contribution < 1.29 is 19.2 Å². The molecule has 3 aromatic carbocycles. The maximum absolute atomic E-state index is 12.6. The Kier molecular flexibility index (Phi) is 5.67. The van der Waals surface area contributed by atoms with Gasteiger partial charge in [0, 0.05) is 17.1 Å². The molecule has 0 aliphatic carbocycles. The van der Waals surface area contributed by atoms with Gasteiger partial charge in [0.15, 0.2) is 0 Å². The van der Waals surface area contributed by atoms with Crippen molar-refractivity contribution in [1.82, 2.24) is 4.90 Å². The molecule has 0 fully saturated rings. The van der Waals surface area contributed by atoms with Crippen LogP contribution in [-0.4, -0.2) is 35.2 Å². The molecule has 1 heterocycles. The minimum atomic E-state index is -0.520. The van der Waals surface area contributed by atoms with E-state index in [1.807, 2.05) is 18.2 Å². The van der Waals surface area contributed by atoms with E-state index in [-0.39, 0.29) is 11.1 Å². The predicted octanol–water partition coefficient (Wildman–Crippen LogP) is 3.87. The van der Waals surface area contributed by atoms with Crippen molar-refractivity contribution in [2.75, 3.05) is 22.5 Å². The number of carbonyl (C=O) groups excluding carboxylic acids is 4. The Hall–Kier alpha value is -4.46. The van der Waals surface area contributed by atoms with Crippen molar-refractivity contribution in [3.05, 3.63) is 89.5 Å². The monoisotopic (exact) mass is 428 g/mol. The Morgan fingerprint density at radius 1 is 0.750 bits per heavy atom. The van der Waals surface area contributed by atoms with E-state index in [2.05, 4.69) is 16.0 Å². The van der Waals surface area contributed by atoms with Crippen LogP contribution < -0.4 is 16.0 Å². The summed E-state index contributed by atoms with van der Waals surface area (Å²) in [5.41, 5.74) is 2.92. The van der Waals surface area contributed by atoms with Crippen LogP contribution in [0.5, 0.6) is 0 Å². The van der Waals surface area contributed by atoms with E-state index in [9.17, 15) is 19.2 Å². The molecule has 0 aromatic heterocycles. The molecule has 1 aliphatic rings. The smallest absolute Gasteiger partial charge is 0.323 e. The highest BCUT2D eigenvalue weighted by atomic mass is 16.2. The maximum Gasteiger partial charge on any atom is 0.323 e. The molecule has 0 saturated carbocycles. The molecule has 32 heavy (non-hydrogen) atoms. The number of nitrogens with one attached hydrogen (secondary N) is 3. The second-order valence-corrected chi connectivity index (χ2v) is 7.27. The van der Waals surface area contributed by atoms with Gasteiger partial charge in [0.05, 0.1) is 11.1 Å². The number of fused-ring (bicyclic) bond motifs is 1. The quantitative estimate of drug-likeness (QED) is 0.536. The largest absolute Gasteiger partial charge is 0.324 e. The number of hydrogen-bond acceptors (Lipinski definition) is 4. The summed E-state index contributed by atoms with van der Waals surface area (Å²) in [6, 6.07) is 20.1. The van der Waals surface area contributed by atoms with Crippen LogP contribution in [0, 0.1) is 6.92 Å². The molecule has 0 bridgehead atoms. The number of hydrogen-bond donors (Lipinski definition) is 3. The van der Waals surface area contributed by atoms with Gasteiger partial charge in [-0.1, -0.05) is 36.4 Å². The number of aryl methyl sites for hydroxylation is 1. The lowest BCUT2D eigenvalue weighted by Gasteiger charge is -2.15. The van der Waals surface area contributed by atoms with E-state index >= 15 is 0 Å². The molecule has 0 spiro atoms. The summed E-state index contributed by atoms with van der Waals surface area (Å²) >= 11 is 0. The molecule has 8 nitrogen and oxygen atoms in total. The summed E-state index contributed by atoms with van der Waals surface area (Å²) in [5, 5.41) is 8.13. The molecule has 5 amide bonds. The topological polar surface area (TPSA) is 108 Å². The third kappa shape index (κ3) is 4.34. The number of para-hydroxylation sites is 1. The van der Waals surface area contributed by atoms with Gasteiger partial charge in [-0.3, -0.25) is 19.3 Å². The van der Waals surface area contributed by atoms with Crippen LogP contribution in [0.2, 0.25) is 0 Å². The van der Waals surface area contributed by atoms with Crippen molar-refractivity contribution in [2.45, 2.75) is 6.92 Å². The van der Waals surface area contributed by atoms with Crippen LogP contribution in [0.25, 0.3) is 0 Å². The summed E-state index contributed by atoms with van der Waals surface area (Å²) in [4.78, 5) is 50.6. The molecule has 1 aliphatic heterocycles. The fraction of sp³-hybridized carbons (Fsp3) is 0.0833. The second kappa shape index (κ2) is 8.73. The number of amides is 5. The van der Waals surface area contributed by atoms with Gasteiger partial charge >= 0.3 is 6.03 Å². The van der Waals surface area contributed by atoms with Crippen molar-refractivity contribution in [2.24, 2.45) is 0 Å². The van der Waals surface area contributed by atoms with E-state index in [1.54, 1.807) is 61.5 Å². The SMILES string of the molecule is Cc1ccc(NC(=O)Nc2ccccc2)cc1NC(=O)CN1C(=O)c2ccccc2C1=O. The molecule has 0 radical (unpaired) electrons. The fourth-order valence-corrected chi connectivity index (χ4v) is 3.37. The van der Waals surface area contributed by atoms with Crippen molar-refractivity contribution in [1.29, 1.82) is 0 Å². The zero-order valence-electron chi connectivity index (χ0n) is 17.2. The third-order valence-electron chi connectivity index (χ3n) is 4.98. The van der Waals surface area contributed by atoms with E-state index in [0.717, 1.165) is 10.5 Å². The highest BCUT2D eigenvalue weighted by molar-refractivity contribution is 6.22. The molecule has 160 valence electrons. The van der Waals surface area contributed by atoms with E-state index in [1.165, 1.54) is 0 Å². The molecule has 0 unspecified atom stereocenters. The molecule has 4 rings (SSSR count). The average molecular weight is 428 g/mol. The van der Waals surface area contributed by atoms with Gasteiger partial charge in [-0.05, 0) is 48.9 Å². The first-order valence-electron chi connectivity index (χ1n) is 9.91. The number of anilines is 3. The number of rotatable bonds is 5. The van der Waals surface area contributed by atoms with Gasteiger partial charge in [0.1, 0.15) is 6.54 Å². The first-order valence-corrected chi connectivity index (χ1v) is 9.91. The number of carbonyl (C=O) groups is 4. The van der Waals surface area contributed by atoms with Crippen molar-refractivity contribution in [3.8, 4) is 0 Å². The van der Waals surface area contributed by atoms with Gasteiger partial charge in [0.2, 0.25) is 5.91 Å². The Morgan fingerprint density at radius 2 is 1.34 bits per heavy atom. The van der Waals surface area contributed by atoms with Crippen LogP contribution >= 0.6 is 0 Å². The number of urea groups is 1. The summed E-state index contributed by atoms with van der Waals surface area (Å²) in [5.74, 6) is -1.51. The molecule has 3 N–H and O–H groups in total. The predicted molar refractivity (Wildman–Crippen MR) is 121 cm³/mol. The van der Waals surface area contributed by atoms with E-state index < -0.39 is 30.3 Å². The Bertz CT molecular complexity index is 1190. The highest BCUT2D eigenvalue weighted by Crippen LogP contribution is 2.24. The Morgan fingerprint density at radius 3 is 2.00 bits per heavy atom. The van der Waals surface area contributed by atoms with Crippen molar-refractivity contribution >= 4 is 40.8 Å². The maximum atomic E-state index is 12.6. The molecular weight excluding hydrogens is 408 g/mol. The Labute approximate surface area is 184 Å². The summed E-state index contributed by atoms with van der Waals surface area (Å²) in [6.45, 7) is 1.39. The fourth-order valence-electron chi connectivity index (χ4n) is 3.37. The molecule has 0 saturated heterocycles. The normalized spacial score (nSPS) is 12.3. The molecule has 8 heteroatoms. The number of nitrogens with zero attached hydrogens (tertiary/aromatic N) is 1. The number of imide groups is 1. The molecular formula is C24H20N4O4. The second-order valence-electron chi connectivity index (χ2n) is 7.27. The standard InChI is InChI=1S/C24H20N4O4/c1-15-11-12-17(26-24(32)25-16-7-3-2-4-8-16)13-20(15)27-21(29)14-28-22(30)18-9-5-6-10-19(18)23(28)31/h2-13H,14H2,1H3,(H,27,29)(H2,25,26,32).